The lowest BCUT2D eigenvalue weighted by atomic mass is 10.0. The Morgan fingerprint density at radius 1 is 1.56 bits per heavy atom. The van der Waals surface area contributed by atoms with Gasteiger partial charge in [0.05, 0.1) is 19.1 Å². The van der Waals surface area contributed by atoms with Crippen molar-refractivity contribution in [1.82, 2.24) is 0 Å². The van der Waals surface area contributed by atoms with Crippen LogP contribution in [0.2, 0.25) is 0 Å². The van der Waals surface area contributed by atoms with Gasteiger partial charge < -0.3 is 10.5 Å². The topological polar surface area (TPSA) is 76.1 Å². The molecule has 4 nitrogen and oxygen atoms in total. The highest BCUT2D eigenvalue weighted by atomic mass is 19.1. The fraction of sp³-hybridized carbons (Fsp3) is 0.273. The average molecular weight is 222 g/mol. The van der Waals surface area contributed by atoms with Crippen molar-refractivity contribution in [2.24, 2.45) is 5.73 Å². The molecule has 0 aromatic heterocycles. The van der Waals surface area contributed by atoms with Crippen LogP contribution in [0.4, 0.5) is 4.39 Å². The van der Waals surface area contributed by atoms with Gasteiger partial charge in [-0.05, 0) is 23.3 Å². The summed E-state index contributed by atoms with van der Waals surface area (Å²) in [6.45, 7) is 0.106. The number of hydrogen-bond acceptors (Lipinski definition) is 4. The molecule has 1 rings (SSSR count). The first-order chi connectivity index (χ1) is 7.62. The number of esters is 1. The van der Waals surface area contributed by atoms with E-state index < -0.39 is 11.8 Å². The van der Waals surface area contributed by atoms with E-state index in [0.29, 0.717) is 11.1 Å². The predicted molar refractivity (Wildman–Crippen MR) is 54.7 cm³/mol. The summed E-state index contributed by atoms with van der Waals surface area (Å²) in [4.78, 5) is 11.1. The Morgan fingerprint density at radius 3 is 2.75 bits per heavy atom. The predicted octanol–water partition coefficient (Wildman–Crippen LogP) is 0.872. The van der Waals surface area contributed by atoms with E-state index in [1.807, 2.05) is 0 Å². The standard InChI is InChI=1S/C11H11FN2O2/c1-16-11(15)4-7-2-9(6-14)10(12)3-8(7)5-13/h2-3H,4-5,13H2,1H3. The molecule has 0 spiro atoms. The molecule has 0 saturated carbocycles. The van der Waals surface area contributed by atoms with Gasteiger partial charge in [-0.25, -0.2) is 4.39 Å². The third-order valence-electron chi connectivity index (χ3n) is 2.19. The van der Waals surface area contributed by atoms with Crippen molar-refractivity contribution in [1.29, 1.82) is 5.26 Å². The number of ether oxygens (including phenoxy) is 1. The highest BCUT2D eigenvalue weighted by Gasteiger charge is 2.12. The molecule has 0 aliphatic heterocycles. The maximum atomic E-state index is 13.2. The molecule has 1 aromatic rings. The molecule has 2 N–H and O–H groups in total. The van der Waals surface area contributed by atoms with Crippen LogP contribution in [0.3, 0.4) is 0 Å². The number of hydrogen-bond donors (Lipinski definition) is 1. The third kappa shape index (κ3) is 2.55. The van der Waals surface area contributed by atoms with Gasteiger partial charge >= 0.3 is 5.97 Å². The van der Waals surface area contributed by atoms with E-state index in [0.717, 1.165) is 0 Å². The zero-order valence-electron chi connectivity index (χ0n) is 8.79. The van der Waals surface area contributed by atoms with Gasteiger partial charge in [-0.1, -0.05) is 0 Å². The molecule has 0 aliphatic carbocycles. The van der Waals surface area contributed by atoms with Crippen LogP contribution in [-0.4, -0.2) is 13.1 Å². The van der Waals surface area contributed by atoms with E-state index in [2.05, 4.69) is 4.74 Å². The number of halogens is 1. The molecule has 1 aromatic carbocycles. The fourth-order valence-corrected chi connectivity index (χ4v) is 1.33. The molecule has 16 heavy (non-hydrogen) atoms. The van der Waals surface area contributed by atoms with Crippen LogP contribution in [0.5, 0.6) is 0 Å². The number of rotatable bonds is 3. The molecular weight excluding hydrogens is 211 g/mol. The Kier molecular flexibility index (Phi) is 3.97. The van der Waals surface area contributed by atoms with Crippen LogP contribution in [0, 0.1) is 17.1 Å². The second-order valence-electron chi connectivity index (χ2n) is 3.17. The van der Waals surface area contributed by atoms with Crippen LogP contribution in [-0.2, 0) is 22.5 Å². The van der Waals surface area contributed by atoms with Crippen molar-refractivity contribution in [3.05, 3.63) is 34.6 Å². The van der Waals surface area contributed by atoms with Gasteiger partial charge in [-0.2, -0.15) is 5.26 Å². The van der Waals surface area contributed by atoms with Gasteiger partial charge in [-0.15, -0.1) is 0 Å². The van der Waals surface area contributed by atoms with Gasteiger partial charge in [0.15, 0.2) is 0 Å². The molecule has 0 saturated heterocycles. The van der Waals surface area contributed by atoms with Crippen molar-refractivity contribution < 1.29 is 13.9 Å². The molecule has 0 unspecified atom stereocenters. The monoisotopic (exact) mass is 222 g/mol. The number of carbonyl (C=O) groups is 1. The Bertz CT molecular complexity index is 452. The van der Waals surface area contributed by atoms with E-state index in [4.69, 9.17) is 11.0 Å². The largest absolute Gasteiger partial charge is 0.469 e. The van der Waals surface area contributed by atoms with Gasteiger partial charge in [0.25, 0.3) is 0 Å². The van der Waals surface area contributed by atoms with Gasteiger partial charge in [0.1, 0.15) is 11.9 Å². The van der Waals surface area contributed by atoms with Crippen LogP contribution in [0.15, 0.2) is 12.1 Å². The quantitative estimate of drug-likeness (QED) is 0.770. The molecule has 0 heterocycles. The van der Waals surface area contributed by atoms with Crippen LogP contribution >= 0.6 is 0 Å². The molecule has 5 heteroatoms. The Hall–Kier alpha value is -1.93. The Balaban J connectivity index is 3.15. The number of benzene rings is 1. The SMILES string of the molecule is COC(=O)Cc1cc(C#N)c(F)cc1CN. The van der Waals surface area contributed by atoms with Crippen molar-refractivity contribution in [3.63, 3.8) is 0 Å². The third-order valence-corrected chi connectivity index (χ3v) is 2.19. The molecule has 0 aliphatic rings. The lowest BCUT2D eigenvalue weighted by Gasteiger charge is -2.07. The van der Waals surface area contributed by atoms with E-state index in [9.17, 15) is 9.18 Å². The molecule has 0 bridgehead atoms. The average Bonchev–Trinajstić information content (AvgIpc) is 2.30. The second kappa shape index (κ2) is 5.24. The minimum atomic E-state index is -0.628. The zero-order chi connectivity index (χ0) is 12.1. The summed E-state index contributed by atoms with van der Waals surface area (Å²) in [6.07, 6.45) is -0.0159. The van der Waals surface area contributed by atoms with E-state index in [1.54, 1.807) is 6.07 Å². The number of nitrogens with two attached hydrogens (primary N) is 1. The summed E-state index contributed by atoms with van der Waals surface area (Å²) in [7, 11) is 1.26. The first-order valence-electron chi connectivity index (χ1n) is 4.60. The summed E-state index contributed by atoms with van der Waals surface area (Å²) in [5.74, 6) is -1.08. The smallest absolute Gasteiger partial charge is 0.309 e. The zero-order valence-corrected chi connectivity index (χ0v) is 8.79. The van der Waals surface area contributed by atoms with Gasteiger partial charge in [0, 0.05) is 6.54 Å². The first-order valence-corrected chi connectivity index (χ1v) is 4.60. The fourth-order valence-electron chi connectivity index (χ4n) is 1.33. The van der Waals surface area contributed by atoms with Crippen molar-refractivity contribution in [2.75, 3.05) is 7.11 Å². The van der Waals surface area contributed by atoms with Crippen LogP contribution < -0.4 is 5.73 Å². The maximum Gasteiger partial charge on any atom is 0.309 e. The second-order valence-corrected chi connectivity index (χ2v) is 3.17. The maximum absolute atomic E-state index is 13.2. The molecule has 0 fully saturated rings. The minimum absolute atomic E-state index is 0.0159. The molecule has 0 amide bonds. The van der Waals surface area contributed by atoms with Crippen molar-refractivity contribution >= 4 is 5.97 Å². The van der Waals surface area contributed by atoms with Crippen molar-refractivity contribution in [2.45, 2.75) is 13.0 Å². The highest BCUT2D eigenvalue weighted by Crippen LogP contribution is 2.16. The lowest BCUT2D eigenvalue weighted by molar-refractivity contribution is -0.139. The molecule has 0 atom stereocenters. The number of methoxy groups -OCH3 is 1. The van der Waals surface area contributed by atoms with E-state index >= 15 is 0 Å². The number of nitrogens with zero attached hydrogens (tertiary/aromatic N) is 1. The lowest BCUT2D eigenvalue weighted by Crippen LogP contribution is -2.10. The number of nitriles is 1. The van der Waals surface area contributed by atoms with Crippen LogP contribution in [0.1, 0.15) is 16.7 Å². The van der Waals surface area contributed by atoms with Gasteiger partial charge in [-0.3, -0.25) is 4.79 Å². The van der Waals surface area contributed by atoms with E-state index in [1.165, 1.54) is 19.2 Å². The summed E-state index contributed by atoms with van der Waals surface area (Å²) in [5.41, 5.74) is 6.35. The molecular formula is C11H11FN2O2. The minimum Gasteiger partial charge on any atom is -0.469 e. The Morgan fingerprint density at radius 2 is 2.25 bits per heavy atom. The normalized spacial score (nSPS) is 9.62. The Labute approximate surface area is 92.4 Å². The molecule has 84 valence electrons. The summed E-state index contributed by atoms with van der Waals surface area (Å²) < 4.78 is 17.7. The van der Waals surface area contributed by atoms with E-state index in [-0.39, 0.29) is 18.5 Å². The highest BCUT2D eigenvalue weighted by molar-refractivity contribution is 5.73. The summed E-state index contributed by atoms with van der Waals surface area (Å²) >= 11 is 0. The summed E-state index contributed by atoms with van der Waals surface area (Å²) in [5, 5.41) is 8.66. The van der Waals surface area contributed by atoms with Crippen molar-refractivity contribution in [3.8, 4) is 6.07 Å². The first kappa shape index (κ1) is 12.1. The summed E-state index contributed by atoms with van der Waals surface area (Å²) in [6, 6.07) is 4.22. The number of carbonyl (C=O) groups excluding carboxylic acids is 1. The molecule has 0 radical (unpaired) electrons. The van der Waals surface area contributed by atoms with Gasteiger partial charge in [0.2, 0.25) is 0 Å². The van der Waals surface area contributed by atoms with Crippen LogP contribution in [0.25, 0.3) is 0 Å².